The first-order valence-electron chi connectivity index (χ1n) is 6.69. The van der Waals surface area contributed by atoms with Crippen LogP contribution in [-0.2, 0) is 11.8 Å². The number of carbonyl (C=O) groups is 1. The van der Waals surface area contributed by atoms with Gasteiger partial charge in [-0.05, 0) is 24.6 Å². The van der Waals surface area contributed by atoms with Crippen LogP contribution >= 0.6 is 0 Å². The number of nitriles is 2. The first-order chi connectivity index (χ1) is 10.5. The van der Waals surface area contributed by atoms with E-state index in [0.29, 0.717) is 11.3 Å². The minimum absolute atomic E-state index is 0.0477. The van der Waals surface area contributed by atoms with Gasteiger partial charge in [0.05, 0.1) is 6.61 Å². The molecule has 0 radical (unpaired) electrons. The predicted octanol–water partition coefficient (Wildman–Crippen LogP) is 1.12. The SMILES string of the molecule is C=CCN(CCO)C(=O)/C(C#N)=C\c1cc(C#N)n(C)c1C. The van der Waals surface area contributed by atoms with Crippen molar-refractivity contribution in [2.24, 2.45) is 7.05 Å². The fraction of sp³-hybridized carbons (Fsp3) is 0.312. The Morgan fingerprint density at radius 3 is 2.68 bits per heavy atom. The van der Waals surface area contributed by atoms with Gasteiger partial charge in [0.15, 0.2) is 0 Å². The van der Waals surface area contributed by atoms with E-state index in [-0.39, 0.29) is 25.3 Å². The Kier molecular flexibility index (Phi) is 6.12. The monoisotopic (exact) mass is 298 g/mol. The first-order valence-corrected chi connectivity index (χ1v) is 6.69. The molecule has 1 aromatic heterocycles. The van der Waals surface area contributed by atoms with Crippen LogP contribution in [-0.4, -0.2) is 40.2 Å². The highest BCUT2D eigenvalue weighted by Crippen LogP contribution is 2.17. The standard InChI is InChI=1S/C16H18N4O2/c1-4-5-20(6-7-21)16(22)14(10-17)8-13-9-15(11-18)19(3)12(13)2/h4,8-9,21H,1,5-7H2,2-3H3/b14-8-. The van der Waals surface area contributed by atoms with Gasteiger partial charge in [0.25, 0.3) is 5.91 Å². The van der Waals surface area contributed by atoms with E-state index in [1.54, 1.807) is 24.6 Å². The molecule has 0 aliphatic rings. The largest absolute Gasteiger partial charge is 0.395 e. The molecule has 0 atom stereocenters. The zero-order chi connectivity index (χ0) is 16.7. The van der Waals surface area contributed by atoms with Crippen LogP contribution in [0.3, 0.4) is 0 Å². The van der Waals surface area contributed by atoms with E-state index >= 15 is 0 Å². The van der Waals surface area contributed by atoms with Crippen molar-refractivity contribution in [2.45, 2.75) is 6.92 Å². The molecule has 0 fully saturated rings. The van der Waals surface area contributed by atoms with E-state index in [2.05, 4.69) is 6.58 Å². The number of carbonyl (C=O) groups excluding carboxylic acids is 1. The number of aliphatic hydroxyl groups excluding tert-OH is 1. The van der Waals surface area contributed by atoms with Crippen LogP contribution in [0.1, 0.15) is 17.0 Å². The Labute approximate surface area is 129 Å². The number of hydrogen-bond donors (Lipinski definition) is 1. The molecule has 0 bridgehead atoms. The van der Waals surface area contributed by atoms with E-state index in [9.17, 15) is 10.1 Å². The summed E-state index contributed by atoms with van der Waals surface area (Å²) >= 11 is 0. The van der Waals surface area contributed by atoms with Crippen LogP contribution in [0, 0.1) is 29.6 Å². The second-order valence-corrected chi connectivity index (χ2v) is 4.67. The quantitative estimate of drug-likeness (QED) is 0.484. The summed E-state index contributed by atoms with van der Waals surface area (Å²) in [5.74, 6) is -0.474. The molecule has 1 aromatic rings. The molecule has 6 heteroatoms. The smallest absolute Gasteiger partial charge is 0.264 e. The maximum Gasteiger partial charge on any atom is 0.264 e. The van der Waals surface area contributed by atoms with Crippen molar-refractivity contribution >= 4 is 12.0 Å². The second kappa shape index (κ2) is 7.82. The second-order valence-electron chi connectivity index (χ2n) is 4.67. The first kappa shape index (κ1) is 17.2. The molecule has 0 spiro atoms. The summed E-state index contributed by atoms with van der Waals surface area (Å²) in [5, 5.41) is 27.3. The molecule has 0 aromatic carbocycles. The Bertz CT molecular complexity index is 686. The molecule has 0 saturated heterocycles. The minimum atomic E-state index is -0.474. The molecule has 0 unspecified atom stereocenters. The normalized spacial score (nSPS) is 10.7. The summed E-state index contributed by atoms with van der Waals surface area (Å²) in [4.78, 5) is 13.7. The summed E-state index contributed by atoms with van der Waals surface area (Å²) in [6.07, 6.45) is 3.00. The lowest BCUT2D eigenvalue weighted by Gasteiger charge is -2.19. The van der Waals surface area contributed by atoms with Gasteiger partial charge in [-0.1, -0.05) is 6.08 Å². The van der Waals surface area contributed by atoms with Crippen molar-refractivity contribution in [1.29, 1.82) is 10.5 Å². The highest BCUT2D eigenvalue weighted by Gasteiger charge is 2.18. The van der Waals surface area contributed by atoms with Gasteiger partial charge in [-0.2, -0.15) is 10.5 Å². The molecule has 0 saturated carbocycles. The van der Waals surface area contributed by atoms with Crippen LogP contribution in [0.15, 0.2) is 24.3 Å². The molecule has 6 nitrogen and oxygen atoms in total. The molecular weight excluding hydrogens is 280 g/mol. The van der Waals surface area contributed by atoms with E-state index in [1.807, 2.05) is 12.1 Å². The number of rotatable bonds is 6. The Hall–Kier alpha value is -2.83. The van der Waals surface area contributed by atoms with Gasteiger partial charge in [0.1, 0.15) is 23.4 Å². The Morgan fingerprint density at radius 1 is 1.55 bits per heavy atom. The number of amides is 1. The maximum atomic E-state index is 12.3. The van der Waals surface area contributed by atoms with Gasteiger partial charge in [-0.25, -0.2) is 0 Å². The van der Waals surface area contributed by atoms with E-state index < -0.39 is 5.91 Å². The van der Waals surface area contributed by atoms with Crippen molar-refractivity contribution in [2.75, 3.05) is 19.7 Å². The van der Waals surface area contributed by atoms with Crippen LogP contribution in [0.2, 0.25) is 0 Å². The number of hydrogen-bond acceptors (Lipinski definition) is 4. The topological polar surface area (TPSA) is 93.1 Å². The minimum Gasteiger partial charge on any atom is -0.395 e. The predicted molar refractivity (Wildman–Crippen MR) is 82.3 cm³/mol. The Morgan fingerprint density at radius 2 is 2.23 bits per heavy atom. The maximum absolute atomic E-state index is 12.3. The lowest BCUT2D eigenvalue weighted by molar-refractivity contribution is -0.126. The van der Waals surface area contributed by atoms with E-state index in [1.165, 1.54) is 17.1 Å². The Balaban J connectivity index is 3.20. The van der Waals surface area contributed by atoms with Crippen molar-refractivity contribution in [3.05, 3.63) is 41.2 Å². The summed E-state index contributed by atoms with van der Waals surface area (Å²) in [7, 11) is 1.74. The number of nitrogens with zero attached hydrogens (tertiary/aromatic N) is 4. The van der Waals surface area contributed by atoms with Gasteiger partial charge < -0.3 is 14.6 Å². The summed E-state index contributed by atoms with van der Waals surface area (Å²) in [6.45, 7) is 5.54. The molecule has 0 aliphatic carbocycles. The van der Waals surface area contributed by atoms with E-state index in [4.69, 9.17) is 10.4 Å². The van der Waals surface area contributed by atoms with Crippen LogP contribution in [0.4, 0.5) is 0 Å². The molecule has 1 amide bonds. The van der Waals surface area contributed by atoms with E-state index in [0.717, 1.165) is 5.69 Å². The van der Waals surface area contributed by atoms with Crippen molar-refractivity contribution < 1.29 is 9.90 Å². The molecular formula is C16H18N4O2. The van der Waals surface area contributed by atoms with Crippen LogP contribution in [0.25, 0.3) is 6.08 Å². The fourth-order valence-corrected chi connectivity index (χ4v) is 2.00. The van der Waals surface area contributed by atoms with Gasteiger partial charge in [0.2, 0.25) is 0 Å². The average molecular weight is 298 g/mol. The highest BCUT2D eigenvalue weighted by atomic mass is 16.3. The molecule has 0 aliphatic heterocycles. The molecule has 1 N–H and O–H groups in total. The van der Waals surface area contributed by atoms with Crippen LogP contribution in [0.5, 0.6) is 0 Å². The summed E-state index contributed by atoms with van der Waals surface area (Å²) in [6, 6.07) is 5.56. The van der Waals surface area contributed by atoms with Gasteiger partial charge in [-0.3, -0.25) is 4.79 Å². The number of aliphatic hydroxyl groups is 1. The average Bonchev–Trinajstić information content (AvgIpc) is 2.79. The van der Waals surface area contributed by atoms with Crippen molar-refractivity contribution in [1.82, 2.24) is 9.47 Å². The fourth-order valence-electron chi connectivity index (χ4n) is 2.00. The third kappa shape index (κ3) is 3.63. The zero-order valence-corrected chi connectivity index (χ0v) is 12.7. The van der Waals surface area contributed by atoms with Crippen LogP contribution < -0.4 is 0 Å². The van der Waals surface area contributed by atoms with Gasteiger partial charge in [0, 0.05) is 25.8 Å². The molecule has 114 valence electrons. The highest BCUT2D eigenvalue weighted by molar-refractivity contribution is 6.01. The van der Waals surface area contributed by atoms with Gasteiger partial charge in [-0.15, -0.1) is 6.58 Å². The lowest BCUT2D eigenvalue weighted by Crippen LogP contribution is -2.34. The van der Waals surface area contributed by atoms with Crippen molar-refractivity contribution in [3.63, 3.8) is 0 Å². The molecule has 1 rings (SSSR count). The third-order valence-electron chi connectivity index (χ3n) is 3.35. The zero-order valence-electron chi connectivity index (χ0n) is 12.7. The summed E-state index contributed by atoms with van der Waals surface area (Å²) < 4.78 is 1.69. The lowest BCUT2D eigenvalue weighted by atomic mass is 10.1. The molecule has 1 heterocycles. The van der Waals surface area contributed by atoms with Gasteiger partial charge >= 0.3 is 0 Å². The van der Waals surface area contributed by atoms with Crippen molar-refractivity contribution in [3.8, 4) is 12.1 Å². The third-order valence-corrected chi connectivity index (χ3v) is 3.35. The summed E-state index contributed by atoms with van der Waals surface area (Å²) in [5.41, 5.74) is 1.83. The number of aromatic nitrogens is 1. The molecule has 22 heavy (non-hydrogen) atoms.